The van der Waals surface area contributed by atoms with Crippen molar-refractivity contribution in [2.24, 2.45) is 0 Å². The molecule has 0 unspecified atom stereocenters. The third kappa shape index (κ3) is 0.946. The van der Waals surface area contributed by atoms with Crippen LogP contribution in [0, 0.1) is 0 Å². The van der Waals surface area contributed by atoms with E-state index in [0.717, 1.165) is 13.1 Å². The van der Waals surface area contributed by atoms with E-state index >= 15 is 0 Å². The molecule has 1 fully saturated rings. The van der Waals surface area contributed by atoms with Gasteiger partial charge in [-0.3, -0.25) is 4.90 Å². The van der Waals surface area contributed by atoms with Crippen LogP contribution in [0.5, 0.6) is 0 Å². The first-order valence-corrected chi connectivity index (χ1v) is 3.15. The van der Waals surface area contributed by atoms with Crippen LogP contribution < -0.4 is 5.32 Å². The Bertz CT molecular complexity index is 93.7. The maximum atomic E-state index is 12.3. The molecular weight excluding hydrogens is 119 g/mol. The average molecular weight is 132 g/mol. The van der Waals surface area contributed by atoms with Gasteiger partial charge in [-0.25, -0.2) is 4.39 Å². The predicted molar refractivity (Wildman–Crippen MR) is 35.3 cm³/mol. The minimum Gasteiger partial charge on any atom is -0.313 e. The van der Waals surface area contributed by atoms with Crippen molar-refractivity contribution in [1.82, 2.24) is 10.2 Å². The Balaban J connectivity index is 2.46. The molecule has 2 nitrogen and oxygen atoms in total. The van der Waals surface area contributed by atoms with E-state index in [-0.39, 0.29) is 12.2 Å². The molecule has 0 aromatic rings. The molecule has 1 saturated heterocycles. The normalized spacial score (nSPS) is 24.0. The van der Waals surface area contributed by atoms with E-state index in [1.54, 1.807) is 0 Å². The highest BCUT2D eigenvalue weighted by atomic mass is 19.1. The molecule has 0 aliphatic carbocycles. The number of alkyl halides is 1. The van der Waals surface area contributed by atoms with Crippen molar-refractivity contribution < 1.29 is 4.39 Å². The lowest BCUT2D eigenvalue weighted by Gasteiger charge is -2.45. The number of hydrogen-bond acceptors (Lipinski definition) is 2. The molecule has 1 heterocycles. The first kappa shape index (κ1) is 6.96. The van der Waals surface area contributed by atoms with Crippen molar-refractivity contribution >= 4 is 0 Å². The van der Waals surface area contributed by atoms with Gasteiger partial charge in [-0.2, -0.15) is 0 Å². The monoisotopic (exact) mass is 132 g/mol. The summed E-state index contributed by atoms with van der Waals surface area (Å²) in [5.74, 6) is 0. The minimum atomic E-state index is -0.243. The number of hydrogen-bond donors (Lipinski definition) is 1. The van der Waals surface area contributed by atoms with Crippen molar-refractivity contribution in [1.29, 1.82) is 0 Å². The van der Waals surface area contributed by atoms with E-state index in [1.807, 2.05) is 19.0 Å². The second-order valence-corrected chi connectivity index (χ2v) is 2.86. The molecule has 1 aliphatic heterocycles. The zero-order chi connectivity index (χ0) is 6.91. The summed E-state index contributed by atoms with van der Waals surface area (Å²) in [7, 11) is 3.83. The molecule has 0 bridgehead atoms. The Morgan fingerprint density at radius 3 is 2.11 bits per heavy atom. The fourth-order valence-electron chi connectivity index (χ4n) is 0.944. The Labute approximate surface area is 55.0 Å². The van der Waals surface area contributed by atoms with Crippen molar-refractivity contribution in [3.05, 3.63) is 0 Å². The first-order valence-electron chi connectivity index (χ1n) is 3.15. The quantitative estimate of drug-likeness (QED) is 0.562. The van der Waals surface area contributed by atoms with E-state index in [1.165, 1.54) is 0 Å². The Kier molecular flexibility index (Phi) is 1.73. The maximum Gasteiger partial charge on any atom is 0.110 e. The molecule has 1 N–H and O–H groups in total. The molecule has 1 aliphatic rings. The van der Waals surface area contributed by atoms with Gasteiger partial charge in [0.2, 0.25) is 0 Å². The molecule has 0 amide bonds. The number of likely N-dealkylation sites (N-methyl/N-ethyl adjacent to an activating group) is 1. The van der Waals surface area contributed by atoms with Crippen LogP contribution in [0.15, 0.2) is 0 Å². The second-order valence-electron chi connectivity index (χ2n) is 2.86. The molecule has 0 saturated carbocycles. The number of rotatable bonds is 2. The lowest BCUT2D eigenvalue weighted by atomic mass is 9.93. The largest absolute Gasteiger partial charge is 0.313 e. The van der Waals surface area contributed by atoms with Crippen LogP contribution in [0.1, 0.15) is 0 Å². The summed E-state index contributed by atoms with van der Waals surface area (Å²) in [6.07, 6.45) is 0. The molecule has 3 heteroatoms. The summed E-state index contributed by atoms with van der Waals surface area (Å²) in [6.45, 7) is 1.33. The van der Waals surface area contributed by atoms with Gasteiger partial charge in [0, 0.05) is 13.1 Å². The molecule has 0 radical (unpaired) electrons. The first-order chi connectivity index (χ1) is 4.21. The SMILES string of the molecule is CN(C)C1(CF)CNC1. The highest BCUT2D eigenvalue weighted by Gasteiger charge is 2.38. The summed E-state index contributed by atoms with van der Waals surface area (Å²) >= 11 is 0. The average Bonchev–Trinajstić information content (AvgIpc) is 1.62. The summed E-state index contributed by atoms with van der Waals surface area (Å²) in [4.78, 5) is 1.95. The molecule has 1 rings (SSSR count). The standard InChI is InChI=1S/C6H13FN2/c1-9(2)6(3-7)4-8-5-6/h8H,3-5H2,1-2H3. The van der Waals surface area contributed by atoms with Crippen molar-refractivity contribution in [3.8, 4) is 0 Å². The van der Waals surface area contributed by atoms with Gasteiger partial charge in [0.1, 0.15) is 6.67 Å². The van der Waals surface area contributed by atoms with Gasteiger partial charge in [0.05, 0.1) is 5.54 Å². The summed E-state index contributed by atoms with van der Waals surface area (Å²) < 4.78 is 12.3. The minimum absolute atomic E-state index is 0.181. The zero-order valence-corrected chi connectivity index (χ0v) is 5.95. The van der Waals surface area contributed by atoms with Crippen LogP contribution in [0.4, 0.5) is 4.39 Å². The maximum absolute atomic E-state index is 12.3. The Hall–Kier alpha value is -0.150. The van der Waals surface area contributed by atoms with Crippen LogP contribution in [-0.2, 0) is 0 Å². The fraction of sp³-hybridized carbons (Fsp3) is 1.00. The molecule has 0 aromatic carbocycles. The lowest BCUT2D eigenvalue weighted by Crippen LogP contribution is -2.68. The highest BCUT2D eigenvalue weighted by molar-refractivity contribution is 4.99. The van der Waals surface area contributed by atoms with Gasteiger partial charge in [-0.1, -0.05) is 0 Å². The zero-order valence-electron chi connectivity index (χ0n) is 5.95. The number of halogens is 1. The third-order valence-electron chi connectivity index (χ3n) is 2.11. The Morgan fingerprint density at radius 1 is 1.56 bits per heavy atom. The third-order valence-corrected chi connectivity index (χ3v) is 2.11. The predicted octanol–water partition coefficient (Wildman–Crippen LogP) is -0.141. The molecule has 0 spiro atoms. The van der Waals surface area contributed by atoms with Crippen molar-refractivity contribution in [2.75, 3.05) is 33.9 Å². The van der Waals surface area contributed by atoms with Crippen molar-refractivity contribution in [3.63, 3.8) is 0 Å². The molecule has 54 valence electrons. The molecule has 9 heavy (non-hydrogen) atoms. The van der Waals surface area contributed by atoms with Gasteiger partial charge in [0.25, 0.3) is 0 Å². The van der Waals surface area contributed by atoms with E-state index < -0.39 is 0 Å². The van der Waals surface area contributed by atoms with Crippen LogP contribution in [-0.4, -0.2) is 44.3 Å². The van der Waals surface area contributed by atoms with Gasteiger partial charge in [0.15, 0.2) is 0 Å². The lowest BCUT2D eigenvalue weighted by molar-refractivity contribution is 0.0575. The smallest absolute Gasteiger partial charge is 0.110 e. The van der Waals surface area contributed by atoms with Crippen LogP contribution in [0.25, 0.3) is 0 Å². The van der Waals surface area contributed by atoms with Gasteiger partial charge < -0.3 is 5.32 Å². The number of nitrogens with one attached hydrogen (secondary N) is 1. The highest BCUT2D eigenvalue weighted by Crippen LogP contribution is 2.17. The van der Waals surface area contributed by atoms with Crippen LogP contribution >= 0.6 is 0 Å². The molecular formula is C6H13FN2. The van der Waals surface area contributed by atoms with Gasteiger partial charge >= 0.3 is 0 Å². The van der Waals surface area contributed by atoms with E-state index in [9.17, 15) is 4.39 Å². The topological polar surface area (TPSA) is 15.3 Å². The molecule has 0 aromatic heterocycles. The van der Waals surface area contributed by atoms with Gasteiger partial charge in [-0.15, -0.1) is 0 Å². The summed E-state index contributed by atoms with van der Waals surface area (Å²) in [5.41, 5.74) is -0.181. The van der Waals surface area contributed by atoms with E-state index in [4.69, 9.17) is 0 Å². The van der Waals surface area contributed by atoms with Gasteiger partial charge in [-0.05, 0) is 14.1 Å². The second kappa shape index (κ2) is 2.23. The van der Waals surface area contributed by atoms with Crippen LogP contribution in [0.2, 0.25) is 0 Å². The summed E-state index contributed by atoms with van der Waals surface area (Å²) in [6, 6.07) is 0. The Morgan fingerprint density at radius 2 is 2.11 bits per heavy atom. The van der Waals surface area contributed by atoms with Crippen LogP contribution in [0.3, 0.4) is 0 Å². The van der Waals surface area contributed by atoms with E-state index in [0.29, 0.717) is 0 Å². The van der Waals surface area contributed by atoms with E-state index in [2.05, 4.69) is 5.32 Å². The fourth-order valence-corrected chi connectivity index (χ4v) is 0.944. The number of nitrogens with zero attached hydrogens (tertiary/aromatic N) is 1. The summed E-state index contributed by atoms with van der Waals surface area (Å²) in [5, 5.41) is 3.05. The van der Waals surface area contributed by atoms with Crippen molar-refractivity contribution in [2.45, 2.75) is 5.54 Å². The molecule has 0 atom stereocenters.